The third-order valence-electron chi connectivity index (χ3n) is 2.62. The molecule has 17 heavy (non-hydrogen) atoms. The molecule has 0 aliphatic rings. The second-order valence-corrected chi connectivity index (χ2v) is 3.73. The van der Waals surface area contributed by atoms with Gasteiger partial charge in [0, 0.05) is 6.04 Å². The monoisotopic (exact) mass is 227 g/mol. The van der Waals surface area contributed by atoms with Crippen molar-refractivity contribution in [3.63, 3.8) is 0 Å². The summed E-state index contributed by atoms with van der Waals surface area (Å²) in [4.78, 5) is 3.85. The molecule has 0 aliphatic carbocycles. The fourth-order valence-corrected chi connectivity index (χ4v) is 1.55. The first-order chi connectivity index (χ1) is 8.24. The van der Waals surface area contributed by atoms with E-state index in [1.165, 1.54) is 6.33 Å². The van der Waals surface area contributed by atoms with E-state index in [1.807, 2.05) is 30.3 Å². The molecule has 1 aromatic carbocycles. The fourth-order valence-electron chi connectivity index (χ4n) is 1.55. The summed E-state index contributed by atoms with van der Waals surface area (Å²) in [5.41, 5.74) is 7.89. The number of benzene rings is 1. The Morgan fingerprint density at radius 2 is 2.12 bits per heavy atom. The first-order valence-corrected chi connectivity index (χ1v) is 5.42. The van der Waals surface area contributed by atoms with Crippen molar-refractivity contribution in [3.05, 3.63) is 42.0 Å². The standard InChI is InChI=1S/C12H13N5/c1-2-11(14)9-3-5-10(6-4-9)17-8-15-12(7-13)16-17/h3-6,8,11H,2,14H2,1H3/t11-/m1/s1. The molecule has 1 atom stereocenters. The smallest absolute Gasteiger partial charge is 0.252 e. The van der Waals surface area contributed by atoms with Crippen molar-refractivity contribution in [2.75, 3.05) is 0 Å². The maximum absolute atomic E-state index is 8.64. The maximum Gasteiger partial charge on any atom is 0.252 e. The molecule has 2 rings (SSSR count). The zero-order valence-electron chi connectivity index (χ0n) is 9.54. The number of hydrogen-bond acceptors (Lipinski definition) is 4. The van der Waals surface area contributed by atoms with E-state index >= 15 is 0 Å². The highest BCUT2D eigenvalue weighted by atomic mass is 15.3. The number of nitriles is 1. The molecule has 0 saturated carbocycles. The molecule has 0 saturated heterocycles. The Balaban J connectivity index is 2.26. The van der Waals surface area contributed by atoms with Crippen molar-refractivity contribution in [3.8, 4) is 11.8 Å². The average molecular weight is 227 g/mol. The Bertz CT molecular complexity index is 535. The van der Waals surface area contributed by atoms with Gasteiger partial charge >= 0.3 is 0 Å². The van der Waals surface area contributed by atoms with Crippen LogP contribution in [0.4, 0.5) is 0 Å². The minimum atomic E-state index is 0.0643. The van der Waals surface area contributed by atoms with Crippen molar-refractivity contribution in [1.82, 2.24) is 14.8 Å². The Kier molecular flexibility index (Phi) is 3.17. The van der Waals surface area contributed by atoms with Crippen LogP contribution in [-0.4, -0.2) is 14.8 Å². The molecule has 0 fully saturated rings. The van der Waals surface area contributed by atoms with Crippen molar-refractivity contribution in [2.24, 2.45) is 5.73 Å². The normalized spacial score (nSPS) is 12.1. The molecular weight excluding hydrogens is 214 g/mol. The van der Waals surface area contributed by atoms with Crippen LogP contribution in [0, 0.1) is 11.3 Å². The molecule has 5 nitrogen and oxygen atoms in total. The zero-order chi connectivity index (χ0) is 12.3. The number of hydrogen-bond donors (Lipinski definition) is 1. The number of rotatable bonds is 3. The van der Waals surface area contributed by atoms with Gasteiger partial charge in [-0.3, -0.25) is 0 Å². The van der Waals surface area contributed by atoms with Crippen molar-refractivity contribution >= 4 is 0 Å². The van der Waals surface area contributed by atoms with E-state index in [1.54, 1.807) is 4.68 Å². The molecule has 2 aromatic rings. The minimum absolute atomic E-state index is 0.0643. The van der Waals surface area contributed by atoms with Gasteiger partial charge in [0.05, 0.1) is 5.69 Å². The SMILES string of the molecule is CC[C@@H](N)c1ccc(-n2cnc(C#N)n2)cc1. The first-order valence-electron chi connectivity index (χ1n) is 5.42. The Morgan fingerprint density at radius 1 is 1.41 bits per heavy atom. The molecular formula is C12H13N5. The molecule has 0 bridgehead atoms. The molecule has 2 N–H and O–H groups in total. The maximum atomic E-state index is 8.64. The van der Waals surface area contributed by atoms with Crippen LogP contribution in [0.3, 0.4) is 0 Å². The van der Waals surface area contributed by atoms with E-state index in [4.69, 9.17) is 11.0 Å². The Labute approximate surface area is 99.5 Å². The molecule has 86 valence electrons. The Morgan fingerprint density at radius 3 is 2.65 bits per heavy atom. The number of aromatic nitrogens is 3. The van der Waals surface area contributed by atoms with E-state index in [-0.39, 0.29) is 11.9 Å². The summed E-state index contributed by atoms with van der Waals surface area (Å²) >= 11 is 0. The lowest BCUT2D eigenvalue weighted by molar-refractivity contribution is 0.698. The second-order valence-electron chi connectivity index (χ2n) is 3.73. The van der Waals surface area contributed by atoms with E-state index in [0.29, 0.717) is 0 Å². The third-order valence-corrected chi connectivity index (χ3v) is 2.62. The van der Waals surface area contributed by atoms with Crippen LogP contribution < -0.4 is 5.73 Å². The lowest BCUT2D eigenvalue weighted by atomic mass is 10.1. The highest BCUT2D eigenvalue weighted by Crippen LogP contribution is 2.15. The summed E-state index contributed by atoms with van der Waals surface area (Å²) in [7, 11) is 0. The molecule has 0 spiro atoms. The predicted molar refractivity (Wildman–Crippen MR) is 63.3 cm³/mol. The largest absolute Gasteiger partial charge is 0.324 e. The number of nitrogens with two attached hydrogens (primary N) is 1. The van der Waals surface area contributed by atoms with Gasteiger partial charge in [-0.1, -0.05) is 19.1 Å². The molecule has 0 amide bonds. The summed E-state index contributed by atoms with van der Waals surface area (Å²) in [6.07, 6.45) is 2.43. The van der Waals surface area contributed by atoms with Crippen LogP contribution in [0.5, 0.6) is 0 Å². The van der Waals surface area contributed by atoms with Gasteiger partial charge < -0.3 is 5.73 Å². The van der Waals surface area contributed by atoms with Crippen molar-refractivity contribution in [1.29, 1.82) is 5.26 Å². The lowest BCUT2D eigenvalue weighted by Crippen LogP contribution is -2.08. The summed E-state index contributed by atoms with van der Waals surface area (Å²) in [6, 6.07) is 9.73. The van der Waals surface area contributed by atoms with Crippen molar-refractivity contribution in [2.45, 2.75) is 19.4 Å². The quantitative estimate of drug-likeness (QED) is 0.862. The third kappa shape index (κ3) is 2.32. The van der Waals surface area contributed by atoms with E-state index in [0.717, 1.165) is 17.7 Å². The number of nitrogens with zero attached hydrogens (tertiary/aromatic N) is 4. The zero-order valence-corrected chi connectivity index (χ0v) is 9.54. The summed E-state index contributed by atoms with van der Waals surface area (Å²) in [5, 5.41) is 12.6. The summed E-state index contributed by atoms with van der Waals surface area (Å²) in [6.45, 7) is 2.05. The molecule has 5 heteroatoms. The van der Waals surface area contributed by atoms with Gasteiger partial charge in [0.15, 0.2) is 0 Å². The summed E-state index contributed by atoms with van der Waals surface area (Å²) in [5.74, 6) is 0.166. The minimum Gasteiger partial charge on any atom is -0.324 e. The van der Waals surface area contributed by atoms with Crippen molar-refractivity contribution < 1.29 is 0 Å². The lowest BCUT2D eigenvalue weighted by Gasteiger charge is -2.09. The van der Waals surface area contributed by atoms with E-state index < -0.39 is 0 Å². The fraction of sp³-hybridized carbons (Fsp3) is 0.250. The van der Waals surface area contributed by atoms with Gasteiger partial charge in [0.2, 0.25) is 0 Å². The molecule has 0 unspecified atom stereocenters. The topological polar surface area (TPSA) is 80.5 Å². The van der Waals surface area contributed by atoms with Gasteiger partial charge in [-0.2, -0.15) is 5.26 Å². The van der Waals surface area contributed by atoms with Gasteiger partial charge in [0.1, 0.15) is 12.4 Å². The van der Waals surface area contributed by atoms with Crippen LogP contribution >= 0.6 is 0 Å². The van der Waals surface area contributed by atoms with Gasteiger partial charge in [-0.05, 0) is 24.1 Å². The van der Waals surface area contributed by atoms with Crippen LogP contribution in [0.15, 0.2) is 30.6 Å². The van der Waals surface area contributed by atoms with Gasteiger partial charge in [0.25, 0.3) is 5.82 Å². The molecule has 0 radical (unpaired) electrons. The molecule has 1 heterocycles. The van der Waals surface area contributed by atoms with Crippen LogP contribution in [0.25, 0.3) is 5.69 Å². The van der Waals surface area contributed by atoms with Gasteiger partial charge in [-0.15, -0.1) is 5.10 Å². The second kappa shape index (κ2) is 4.76. The van der Waals surface area contributed by atoms with Crippen LogP contribution in [0.2, 0.25) is 0 Å². The van der Waals surface area contributed by atoms with Gasteiger partial charge in [-0.25, -0.2) is 9.67 Å². The average Bonchev–Trinajstić information content (AvgIpc) is 2.87. The highest BCUT2D eigenvalue weighted by Gasteiger charge is 2.05. The molecule has 0 aliphatic heterocycles. The Hall–Kier alpha value is -2.19. The van der Waals surface area contributed by atoms with Crippen LogP contribution in [-0.2, 0) is 0 Å². The summed E-state index contributed by atoms with van der Waals surface area (Å²) < 4.78 is 1.57. The highest BCUT2D eigenvalue weighted by molar-refractivity contribution is 5.34. The predicted octanol–water partition coefficient (Wildman–Crippen LogP) is 1.55. The van der Waals surface area contributed by atoms with E-state index in [2.05, 4.69) is 17.0 Å². The van der Waals surface area contributed by atoms with E-state index in [9.17, 15) is 0 Å². The molecule has 1 aromatic heterocycles. The van der Waals surface area contributed by atoms with Crippen LogP contribution in [0.1, 0.15) is 30.8 Å². The first kappa shape index (κ1) is 11.3.